The molecule has 4 nitrogen and oxygen atoms in total. The van der Waals surface area contributed by atoms with E-state index < -0.39 is 5.97 Å². The van der Waals surface area contributed by atoms with Gasteiger partial charge in [-0.25, -0.2) is 0 Å². The first-order valence-corrected chi connectivity index (χ1v) is 9.47. The molecule has 26 heavy (non-hydrogen) atoms. The highest BCUT2D eigenvalue weighted by molar-refractivity contribution is 5.67. The summed E-state index contributed by atoms with van der Waals surface area (Å²) in [5.41, 5.74) is 3.82. The highest BCUT2D eigenvalue weighted by Gasteiger charge is 2.16. The van der Waals surface area contributed by atoms with Crippen molar-refractivity contribution >= 4 is 5.97 Å². The molecule has 0 radical (unpaired) electrons. The van der Waals surface area contributed by atoms with Crippen LogP contribution in [-0.4, -0.2) is 53.6 Å². The third kappa shape index (κ3) is 5.97. The lowest BCUT2D eigenvalue weighted by atomic mass is 10.1. The van der Waals surface area contributed by atoms with Crippen LogP contribution >= 0.6 is 0 Å². The molecule has 1 fully saturated rings. The lowest BCUT2D eigenvalue weighted by Gasteiger charge is -2.34. The maximum Gasteiger partial charge on any atom is 0.303 e. The molecule has 3 rings (SSSR count). The summed E-state index contributed by atoms with van der Waals surface area (Å²) in [5, 5.41) is 8.75. The number of hydrogen-bond donors (Lipinski definition) is 1. The first-order valence-electron chi connectivity index (χ1n) is 9.47. The van der Waals surface area contributed by atoms with Gasteiger partial charge in [0.2, 0.25) is 0 Å². The molecule has 0 bridgehead atoms. The number of piperazine rings is 1. The maximum atomic E-state index is 10.6. The average molecular weight is 352 g/mol. The van der Waals surface area contributed by atoms with Gasteiger partial charge in [0.25, 0.3) is 0 Å². The van der Waals surface area contributed by atoms with E-state index in [9.17, 15) is 4.79 Å². The molecule has 0 spiro atoms. The number of benzene rings is 2. The summed E-state index contributed by atoms with van der Waals surface area (Å²) in [7, 11) is 0. The van der Waals surface area contributed by atoms with E-state index in [1.165, 1.54) is 11.1 Å². The number of nitrogens with zero attached hydrogens (tertiary/aromatic N) is 2. The second kappa shape index (κ2) is 9.51. The summed E-state index contributed by atoms with van der Waals surface area (Å²) in [6, 6.07) is 19.1. The van der Waals surface area contributed by atoms with Crippen molar-refractivity contribution in [2.45, 2.75) is 25.8 Å². The molecule has 2 aromatic carbocycles. The zero-order chi connectivity index (χ0) is 18.2. The Bertz CT molecular complexity index is 677. The number of carboxylic acid groups (broad SMARTS) is 1. The molecule has 0 aromatic heterocycles. The van der Waals surface area contributed by atoms with Crippen molar-refractivity contribution in [1.82, 2.24) is 9.80 Å². The fourth-order valence-corrected chi connectivity index (χ4v) is 3.42. The van der Waals surface area contributed by atoms with Crippen LogP contribution in [0.4, 0.5) is 0 Å². The number of hydrogen-bond acceptors (Lipinski definition) is 3. The van der Waals surface area contributed by atoms with E-state index >= 15 is 0 Å². The average Bonchev–Trinajstić information content (AvgIpc) is 2.67. The van der Waals surface area contributed by atoms with E-state index in [1.807, 2.05) is 0 Å². The summed E-state index contributed by atoms with van der Waals surface area (Å²) in [6.45, 7) is 6.65. The minimum Gasteiger partial charge on any atom is -0.481 e. The van der Waals surface area contributed by atoms with Crippen LogP contribution < -0.4 is 0 Å². The molecule has 0 amide bonds. The predicted octanol–water partition coefficient (Wildman–Crippen LogP) is 3.06. The topological polar surface area (TPSA) is 43.8 Å². The van der Waals surface area contributed by atoms with Crippen molar-refractivity contribution < 1.29 is 9.90 Å². The minimum atomic E-state index is -0.736. The van der Waals surface area contributed by atoms with Crippen LogP contribution in [-0.2, 0) is 24.2 Å². The van der Waals surface area contributed by atoms with E-state index in [2.05, 4.69) is 64.4 Å². The van der Waals surface area contributed by atoms with E-state index in [0.29, 0.717) is 6.42 Å². The molecule has 1 N–H and O–H groups in total. The van der Waals surface area contributed by atoms with Crippen LogP contribution in [0.15, 0.2) is 54.6 Å². The first-order chi connectivity index (χ1) is 12.7. The zero-order valence-electron chi connectivity index (χ0n) is 15.3. The largest absolute Gasteiger partial charge is 0.481 e. The van der Waals surface area contributed by atoms with Gasteiger partial charge in [0.05, 0.1) is 0 Å². The Morgan fingerprint density at radius 1 is 0.769 bits per heavy atom. The Morgan fingerprint density at radius 2 is 1.35 bits per heavy atom. The van der Waals surface area contributed by atoms with Gasteiger partial charge >= 0.3 is 5.97 Å². The van der Waals surface area contributed by atoms with Gasteiger partial charge in [0.1, 0.15) is 0 Å². The van der Waals surface area contributed by atoms with E-state index in [4.69, 9.17) is 5.11 Å². The predicted molar refractivity (Wildman–Crippen MR) is 104 cm³/mol. The van der Waals surface area contributed by atoms with Crippen LogP contribution in [0.5, 0.6) is 0 Å². The van der Waals surface area contributed by atoms with Crippen LogP contribution in [0.25, 0.3) is 0 Å². The van der Waals surface area contributed by atoms with E-state index in [-0.39, 0.29) is 6.42 Å². The molecular formula is C22H28N2O2. The molecule has 2 aromatic rings. The number of carbonyl (C=O) groups is 1. The minimum absolute atomic E-state index is 0.201. The fraction of sp³-hybridized carbons (Fsp3) is 0.409. The highest BCUT2D eigenvalue weighted by Crippen LogP contribution is 2.11. The highest BCUT2D eigenvalue weighted by atomic mass is 16.4. The number of carboxylic acids is 1. The SMILES string of the molecule is O=C(O)CCc1ccc(CCN2CCN(Cc3ccccc3)CC2)cc1. The number of aliphatic carboxylic acids is 1. The normalized spacial score (nSPS) is 15.8. The second-order valence-electron chi connectivity index (χ2n) is 7.06. The van der Waals surface area contributed by atoms with Crippen molar-refractivity contribution in [3.63, 3.8) is 0 Å². The molecule has 1 aliphatic heterocycles. The molecule has 0 aliphatic carbocycles. The van der Waals surface area contributed by atoms with Gasteiger partial charge in [-0.2, -0.15) is 0 Å². The molecule has 0 saturated carbocycles. The summed E-state index contributed by atoms with van der Waals surface area (Å²) in [6.07, 6.45) is 1.86. The lowest BCUT2D eigenvalue weighted by molar-refractivity contribution is -0.136. The summed E-state index contributed by atoms with van der Waals surface area (Å²) in [4.78, 5) is 15.7. The van der Waals surface area contributed by atoms with Gasteiger partial charge < -0.3 is 10.0 Å². The lowest BCUT2D eigenvalue weighted by Crippen LogP contribution is -2.46. The van der Waals surface area contributed by atoms with Gasteiger partial charge in [0, 0.05) is 45.7 Å². The van der Waals surface area contributed by atoms with Crippen LogP contribution in [0.2, 0.25) is 0 Å². The summed E-state index contributed by atoms with van der Waals surface area (Å²) in [5.74, 6) is -0.736. The third-order valence-corrected chi connectivity index (χ3v) is 5.08. The molecular weight excluding hydrogens is 324 g/mol. The van der Waals surface area contributed by atoms with Crippen molar-refractivity contribution in [2.75, 3.05) is 32.7 Å². The van der Waals surface area contributed by atoms with Crippen molar-refractivity contribution in [3.8, 4) is 0 Å². The number of aryl methyl sites for hydroxylation is 1. The quantitative estimate of drug-likeness (QED) is 0.793. The smallest absolute Gasteiger partial charge is 0.303 e. The standard InChI is InChI=1S/C22H28N2O2/c25-22(26)11-10-19-6-8-20(9-7-19)12-13-23-14-16-24(17-15-23)18-21-4-2-1-3-5-21/h1-9H,10-18H2,(H,25,26). The summed E-state index contributed by atoms with van der Waals surface area (Å²) >= 11 is 0. The zero-order valence-corrected chi connectivity index (χ0v) is 15.3. The first kappa shape index (κ1) is 18.6. The molecule has 1 heterocycles. The van der Waals surface area contributed by atoms with Crippen molar-refractivity contribution in [2.24, 2.45) is 0 Å². The van der Waals surface area contributed by atoms with Gasteiger partial charge in [-0.3, -0.25) is 9.69 Å². The van der Waals surface area contributed by atoms with Crippen LogP contribution in [0.3, 0.4) is 0 Å². The Hall–Kier alpha value is -2.17. The monoisotopic (exact) mass is 352 g/mol. The third-order valence-electron chi connectivity index (χ3n) is 5.08. The Kier molecular flexibility index (Phi) is 6.81. The van der Waals surface area contributed by atoms with Crippen molar-refractivity contribution in [1.29, 1.82) is 0 Å². The molecule has 4 heteroatoms. The van der Waals surface area contributed by atoms with E-state index in [1.54, 1.807) is 0 Å². The molecule has 1 aliphatic rings. The van der Waals surface area contributed by atoms with Gasteiger partial charge in [-0.15, -0.1) is 0 Å². The van der Waals surface area contributed by atoms with Crippen LogP contribution in [0, 0.1) is 0 Å². The Labute approximate surface area is 156 Å². The van der Waals surface area contributed by atoms with Gasteiger partial charge in [-0.1, -0.05) is 54.6 Å². The molecule has 0 unspecified atom stereocenters. The van der Waals surface area contributed by atoms with Gasteiger partial charge in [0.15, 0.2) is 0 Å². The van der Waals surface area contributed by atoms with Crippen LogP contribution in [0.1, 0.15) is 23.1 Å². The maximum absolute atomic E-state index is 10.6. The molecule has 0 atom stereocenters. The fourth-order valence-electron chi connectivity index (χ4n) is 3.42. The molecule has 1 saturated heterocycles. The Morgan fingerprint density at radius 3 is 1.96 bits per heavy atom. The number of rotatable bonds is 8. The van der Waals surface area contributed by atoms with E-state index in [0.717, 1.165) is 51.3 Å². The molecule has 138 valence electrons. The second-order valence-corrected chi connectivity index (χ2v) is 7.06. The Balaban J connectivity index is 1.37. The van der Waals surface area contributed by atoms with Crippen molar-refractivity contribution in [3.05, 3.63) is 71.3 Å². The summed E-state index contributed by atoms with van der Waals surface area (Å²) < 4.78 is 0. The van der Waals surface area contributed by atoms with Gasteiger partial charge in [-0.05, 0) is 29.5 Å².